The van der Waals surface area contributed by atoms with Gasteiger partial charge in [0, 0.05) is 43.3 Å². The summed E-state index contributed by atoms with van der Waals surface area (Å²) in [6.45, 7) is 3.84. The molecule has 3 rings (SSSR count). The molecule has 0 aliphatic carbocycles. The molecule has 0 saturated carbocycles. The van der Waals surface area contributed by atoms with Crippen molar-refractivity contribution in [2.24, 2.45) is 0 Å². The van der Waals surface area contributed by atoms with Crippen LogP contribution in [0.15, 0.2) is 53.7 Å². The van der Waals surface area contributed by atoms with Crippen LogP contribution in [0, 0.1) is 17.0 Å². The van der Waals surface area contributed by atoms with Crippen LogP contribution in [-0.4, -0.2) is 43.7 Å². The molecule has 1 N–H and O–H groups in total. The molecule has 31 heavy (non-hydrogen) atoms. The molecule has 1 amide bonds. The second-order valence-electron chi connectivity index (χ2n) is 6.83. The normalized spacial score (nSPS) is 10.6. The Balaban J connectivity index is 1.82. The van der Waals surface area contributed by atoms with Crippen molar-refractivity contribution in [3.8, 4) is 5.69 Å². The lowest BCUT2D eigenvalue weighted by atomic mass is 10.1. The first kappa shape index (κ1) is 22.2. The Morgan fingerprint density at radius 3 is 2.65 bits per heavy atom. The van der Waals surface area contributed by atoms with Gasteiger partial charge in [-0.15, -0.1) is 10.2 Å². The summed E-state index contributed by atoms with van der Waals surface area (Å²) >= 11 is 1.21. The fourth-order valence-corrected chi connectivity index (χ4v) is 3.80. The summed E-state index contributed by atoms with van der Waals surface area (Å²) in [5.41, 5.74) is 2.06. The summed E-state index contributed by atoms with van der Waals surface area (Å²) in [6.07, 6.45) is 0.472. The van der Waals surface area contributed by atoms with Crippen molar-refractivity contribution in [2.45, 2.75) is 25.4 Å². The Morgan fingerprint density at radius 2 is 1.94 bits per heavy atom. The molecular formula is C21H21N5O4S. The lowest BCUT2D eigenvalue weighted by molar-refractivity contribution is -0.384. The zero-order chi connectivity index (χ0) is 22.4. The first-order valence-electron chi connectivity index (χ1n) is 9.51. The largest absolute Gasteiger partial charge is 0.356 e. The highest BCUT2D eigenvalue weighted by atomic mass is 32.2. The molecule has 1 heterocycles. The van der Waals surface area contributed by atoms with Crippen molar-refractivity contribution in [3.63, 3.8) is 0 Å². The second-order valence-corrected chi connectivity index (χ2v) is 7.77. The zero-order valence-corrected chi connectivity index (χ0v) is 17.9. The number of aryl methyl sites for hydroxylation is 1. The lowest BCUT2D eigenvalue weighted by Gasteiger charge is -2.11. The smallest absolute Gasteiger partial charge is 0.270 e. The first-order chi connectivity index (χ1) is 14.8. The SMILES string of the molecule is CC(=O)NCCc1nnc(SCC(=O)c2cccc([N+](=O)[O-])c2)n1-c1cccc(C)c1. The Kier molecular flexibility index (Phi) is 7.14. The molecule has 0 atom stereocenters. The quantitative estimate of drug-likeness (QED) is 0.235. The van der Waals surface area contributed by atoms with E-state index in [0.717, 1.165) is 11.3 Å². The van der Waals surface area contributed by atoms with Crippen molar-refractivity contribution >= 4 is 29.1 Å². The van der Waals surface area contributed by atoms with E-state index in [4.69, 9.17) is 0 Å². The number of hydrogen-bond acceptors (Lipinski definition) is 7. The first-order valence-corrected chi connectivity index (χ1v) is 10.5. The van der Waals surface area contributed by atoms with Crippen molar-refractivity contribution < 1.29 is 14.5 Å². The van der Waals surface area contributed by atoms with E-state index in [1.54, 1.807) is 6.07 Å². The molecule has 9 nitrogen and oxygen atoms in total. The van der Waals surface area contributed by atoms with E-state index in [1.165, 1.54) is 36.9 Å². The summed E-state index contributed by atoms with van der Waals surface area (Å²) in [6, 6.07) is 13.5. The van der Waals surface area contributed by atoms with E-state index < -0.39 is 4.92 Å². The third kappa shape index (κ3) is 5.76. The van der Waals surface area contributed by atoms with Gasteiger partial charge in [0.15, 0.2) is 10.9 Å². The lowest BCUT2D eigenvalue weighted by Crippen LogP contribution is -2.23. The maximum Gasteiger partial charge on any atom is 0.270 e. The fraction of sp³-hybridized carbons (Fsp3) is 0.238. The molecule has 1 aromatic heterocycles. The van der Waals surface area contributed by atoms with E-state index in [1.807, 2.05) is 35.8 Å². The van der Waals surface area contributed by atoms with Crippen molar-refractivity contribution in [3.05, 3.63) is 75.6 Å². The number of nitro groups is 1. The second kappa shape index (κ2) is 9.98. The van der Waals surface area contributed by atoms with E-state index >= 15 is 0 Å². The molecule has 0 spiro atoms. The van der Waals surface area contributed by atoms with Gasteiger partial charge in [0.2, 0.25) is 5.91 Å². The highest BCUT2D eigenvalue weighted by Gasteiger charge is 2.18. The molecule has 0 aliphatic heterocycles. The predicted molar refractivity (Wildman–Crippen MR) is 117 cm³/mol. The van der Waals surface area contributed by atoms with Crippen molar-refractivity contribution in [1.82, 2.24) is 20.1 Å². The van der Waals surface area contributed by atoms with Crippen LogP contribution in [-0.2, 0) is 11.2 Å². The van der Waals surface area contributed by atoms with E-state index in [2.05, 4.69) is 15.5 Å². The average Bonchev–Trinajstić information content (AvgIpc) is 3.14. The molecule has 0 radical (unpaired) electrons. The van der Waals surface area contributed by atoms with E-state index in [0.29, 0.717) is 23.9 Å². The van der Waals surface area contributed by atoms with Crippen LogP contribution in [0.3, 0.4) is 0 Å². The van der Waals surface area contributed by atoms with E-state index in [-0.39, 0.29) is 28.7 Å². The number of nitro benzene ring substituents is 1. The highest BCUT2D eigenvalue weighted by Crippen LogP contribution is 2.24. The molecule has 0 fully saturated rings. The number of Topliss-reactive ketones (excluding diaryl/α,β-unsaturated/α-hetero) is 1. The van der Waals surface area contributed by atoms with Gasteiger partial charge in [-0.1, -0.05) is 36.0 Å². The van der Waals surface area contributed by atoms with Crippen LogP contribution in [0.1, 0.15) is 28.7 Å². The number of nitrogens with one attached hydrogen (secondary N) is 1. The molecule has 0 saturated heterocycles. The van der Waals surface area contributed by atoms with E-state index in [9.17, 15) is 19.7 Å². The molecule has 160 valence electrons. The minimum absolute atomic E-state index is 0.0524. The van der Waals surface area contributed by atoms with Gasteiger partial charge in [0.25, 0.3) is 5.69 Å². The van der Waals surface area contributed by atoms with Crippen LogP contribution in [0.5, 0.6) is 0 Å². The molecule has 10 heteroatoms. The van der Waals surface area contributed by atoms with Gasteiger partial charge in [-0.25, -0.2) is 0 Å². The molecule has 3 aromatic rings. The summed E-state index contributed by atoms with van der Waals surface area (Å²) in [4.78, 5) is 34.2. The number of carbonyl (C=O) groups is 2. The molecule has 0 unspecified atom stereocenters. The number of benzene rings is 2. The zero-order valence-electron chi connectivity index (χ0n) is 17.1. The number of nitrogens with zero attached hydrogens (tertiary/aromatic N) is 4. The Labute approximate surface area is 183 Å². The number of aromatic nitrogens is 3. The van der Waals surface area contributed by atoms with Crippen LogP contribution < -0.4 is 5.32 Å². The Bertz CT molecular complexity index is 1130. The predicted octanol–water partition coefficient (Wildman–Crippen LogP) is 3.14. The standard InChI is InChI=1S/C21H21N5O4S/c1-14-5-3-7-17(11-14)25-20(9-10-22-15(2)27)23-24-21(25)31-13-19(28)16-6-4-8-18(12-16)26(29)30/h3-8,11-12H,9-10,13H2,1-2H3,(H,22,27). The summed E-state index contributed by atoms with van der Waals surface area (Å²) < 4.78 is 1.86. The van der Waals surface area contributed by atoms with Crippen molar-refractivity contribution in [1.29, 1.82) is 0 Å². The summed E-state index contributed by atoms with van der Waals surface area (Å²) in [7, 11) is 0. The fourth-order valence-electron chi connectivity index (χ4n) is 2.94. The van der Waals surface area contributed by atoms with Crippen LogP contribution in [0.2, 0.25) is 0 Å². The number of non-ortho nitro benzene ring substituents is 1. The topological polar surface area (TPSA) is 120 Å². The van der Waals surface area contributed by atoms with Gasteiger partial charge in [0.05, 0.1) is 10.7 Å². The van der Waals surface area contributed by atoms with Gasteiger partial charge in [-0.05, 0) is 24.6 Å². The van der Waals surface area contributed by atoms with Crippen LogP contribution in [0.4, 0.5) is 5.69 Å². The number of thioether (sulfide) groups is 1. The number of hydrogen-bond donors (Lipinski definition) is 1. The van der Waals surface area contributed by atoms with Gasteiger partial charge in [-0.2, -0.15) is 0 Å². The third-order valence-electron chi connectivity index (χ3n) is 4.39. The number of rotatable bonds is 9. The monoisotopic (exact) mass is 439 g/mol. The summed E-state index contributed by atoms with van der Waals surface area (Å²) in [5.74, 6) is 0.340. The Hall–Kier alpha value is -3.53. The maximum atomic E-state index is 12.6. The maximum absolute atomic E-state index is 12.6. The Morgan fingerprint density at radius 1 is 1.16 bits per heavy atom. The number of carbonyl (C=O) groups excluding carboxylic acids is 2. The van der Waals surface area contributed by atoms with Gasteiger partial charge in [0.1, 0.15) is 5.82 Å². The molecular weight excluding hydrogens is 418 g/mol. The molecule has 0 bridgehead atoms. The van der Waals surface area contributed by atoms with Crippen molar-refractivity contribution in [2.75, 3.05) is 12.3 Å². The van der Waals surface area contributed by atoms with Gasteiger partial charge >= 0.3 is 0 Å². The highest BCUT2D eigenvalue weighted by molar-refractivity contribution is 7.99. The van der Waals surface area contributed by atoms with Gasteiger partial charge < -0.3 is 5.32 Å². The minimum atomic E-state index is -0.528. The third-order valence-corrected chi connectivity index (χ3v) is 5.32. The average molecular weight is 439 g/mol. The number of amides is 1. The van der Waals surface area contributed by atoms with Crippen LogP contribution in [0.25, 0.3) is 5.69 Å². The summed E-state index contributed by atoms with van der Waals surface area (Å²) in [5, 5.41) is 22.7. The molecule has 2 aromatic carbocycles. The number of ketones is 1. The molecule has 0 aliphatic rings. The van der Waals surface area contributed by atoms with Gasteiger partial charge in [-0.3, -0.25) is 24.3 Å². The van der Waals surface area contributed by atoms with Crippen LogP contribution >= 0.6 is 11.8 Å². The minimum Gasteiger partial charge on any atom is -0.356 e.